The van der Waals surface area contributed by atoms with Crippen molar-refractivity contribution in [2.45, 2.75) is 39.8 Å². The molecule has 48 heavy (non-hydrogen) atoms. The van der Waals surface area contributed by atoms with E-state index in [2.05, 4.69) is 10.6 Å². The Morgan fingerprint density at radius 3 is 2.52 bits per heavy atom. The first-order valence-corrected chi connectivity index (χ1v) is 15.6. The number of esters is 1. The zero-order valence-corrected chi connectivity index (χ0v) is 26.7. The summed E-state index contributed by atoms with van der Waals surface area (Å²) in [7, 11) is 0. The number of nitrogens with zero attached hydrogens (tertiary/aromatic N) is 2. The zero-order chi connectivity index (χ0) is 33.9. The lowest BCUT2D eigenvalue weighted by molar-refractivity contribution is -0.140. The van der Waals surface area contributed by atoms with Crippen LogP contribution in [0, 0.1) is 5.92 Å². The van der Waals surface area contributed by atoms with Gasteiger partial charge in [0.15, 0.2) is 16.9 Å². The summed E-state index contributed by atoms with van der Waals surface area (Å²) in [5, 5.41) is 6.08. The fraction of sp³-hybridized carbons (Fsp3) is 0.286. The number of benzene rings is 3. The number of nitrogens with one attached hydrogen (secondary N) is 2. The molecule has 0 saturated carbocycles. The van der Waals surface area contributed by atoms with Crippen molar-refractivity contribution in [2.75, 3.05) is 25.3 Å². The second-order valence-corrected chi connectivity index (χ2v) is 11.8. The number of nitrogens with two attached hydrogens (primary N) is 1. The highest BCUT2D eigenvalue weighted by Gasteiger charge is 2.21. The Morgan fingerprint density at radius 2 is 1.79 bits per heavy atom. The number of rotatable bonds is 12. The molecule has 0 radical (unpaired) electrons. The number of hydrogen-bond acceptors (Lipinski definition) is 10. The molecule has 3 heterocycles. The van der Waals surface area contributed by atoms with Crippen LogP contribution in [0.15, 0.2) is 69.9 Å². The fourth-order valence-corrected chi connectivity index (χ4v) is 5.54. The Bertz CT molecular complexity index is 2080. The summed E-state index contributed by atoms with van der Waals surface area (Å²) in [6.07, 6.45) is 0.424. The maximum Gasteiger partial charge on any atom is 0.325 e. The summed E-state index contributed by atoms with van der Waals surface area (Å²) in [5.74, 6) is 0.692. The Kier molecular flexibility index (Phi) is 9.02. The third kappa shape index (κ3) is 6.80. The summed E-state index contributed by atoms with van der Waals surface area (Å²) in [6, 6.07) is 16.1. The van der Waals surface area contributed by atoms with Crippen molar-refractivity contribution in [1.82, 2.24) is 14.9 Å². The summed E-state index contributed by atoms with van der Waals surface area (Å²) < 4.78 is 24.2. The molecule has 0 bridgehead atoms. The van der Waals surface area contributed by atoms with E-state index in [-0.39, 0.29) is 31.3 Å². The predicted octanol–water partition coefficient (Wildman–Crippen LogP) is 4.19. The standard InChI is InChI=1S/C35H35N5O8/c1-4-45-32(42)16-37-35-39-24-13-23-27(41)15-29(21-6-8-22(9-7-21)34(44)38-25(33(36)43)11-19(2)3)48-30(23)14-26(24)40(35)17-20-5-10-28-31(12-20)47-18-46-28/h5-10,12-15,19,25H,4,11,16-18H2,1-3H3,(H2,36,43)(H,37,39)(H,38,44)/t25-/m0/s1. The van der Waals surface area contributed by atoms with Gasteiger partial charge in [-0.3, -0.25) is 19.2 Å². The van der Waals surface area contributed by atoms with Gasteiger partial charge >= 0.3 is 5.97 Å². The van der Waals surface area contributed by atoms with Gasteiger partial charge in [-0.1, -0.05) is 32.0 Å². The molecule has 1 aliphatic heterocycles. The number of carbonyl (C=O) groups is 3. The van der Waals surface area contributed by atoms with Crippen LogP contribution in [-0.4, -0.2) is 53.3 Å². The highest BCUT2D eigenvalue weighted by atomic mass is 16.7. The maximum absolute atomic E-state index is 13.3. The van der Waals surface area contributed by atoms with Crippen molar-refractivity contribution >= 4 is 45.7 Å². The van der Waals surface area contributed by atoms with Gasteiger partial charge < -0.3 is 39.6 Å². The third-order valence-corrected chi connectivity index (χ3v) is 7.86. The van der Waals surface area contributed by atoms with Gasteiger partial charge in [-0.05, 0) is 55.2 Å². The number of imidazole rings is 1. The lowest BCUT2D eigenvalue weighted by atomic mass is 10.0. The maximum atomic E-state index is 13.3. The highest BCUT2D eigenvalue weighted by Crippen LogP contribution is 2.34. The molecule has 0 spiro atoms. The van der Waals surface area contributed by atoms with Gasteiger partial charge in [-0.15, -0.1) is 0 Å². The summed E-state index contributed by atoms with van der Waals surface area (Å²) in [4.78, 5) is 54.9. The average molecular weight is 654 g/mol. The predicted molar refractivity (Wildman–Crippen MR) is 178 cm³/mol. The molecule has 13 nitrogen and oxygen atoms in total. The second kappa shape index (κ2) is 13.5. The average Bonchev–Trinajstić information content (AvgIpc) is 3.66. The second-order valence-electron chi connectivity index (χ2n) is 11.8. The molecule has 0 unspecified atom stereocenters. The molecule has 2 aromatic heterocycles. The van der Waals surface area contributed by atoms with E-state index >= 15 is 0 Å². The van der Waals surface area contributed by atoms with Crippen LogP contribution in [0.5, 0.6) is 11.5 Å². The zero-order valence-electron chi connectivity index (χ0n) is 26.7. The van der Waals surface area contributed by atoms with Crippen LogP contribution in [0.3, 0.4) is 0 Å². The Morgan fingerprint density at radius 1 is 1.02 bits per heavy atom. The van der Waals surface area contributed by atoms with Gasteiger partial charge in [0.2, 0.25) is 18.6 Å². The number of fused-ring (bicyclic) bond motifs is 3. The molecule has 0 aliphatic carbocycles. The molecule has 5 aromatic rings. The minimum absolute atomic E-state index is 0.103. The highest BCUT2D eigenvalue weighted by molar-refractivity contribution is 5.98. The van der Waals surface area contributed by atoms with Crippen molar-refractivity contribution < 1.29 is 33.0 Å². The molecule has 6 rings (SSSR count). The number of ether oxygens (including phenoxy) is 3. The van der Waals surface area contributed by atoms with Crippen molar-refractivity contribution in [3.63, 3.8) is 0 Å². The van der Waals surface area contributed by atoms with Crippen LogP contribution in [0.25, 0.3) is 33.3 Å². The minimum Gasteiger partial charge on any atom is -0.465 e. The number of amides is 2. The van der Waals surface area contributed by atoms with E-state index in [1.807, 2.05) is 36.6 Å². The first-order chi connectivity index (χ1) is 23.1. The normalized spacial score (nSPS) is 12.8. The summed E-state index contributed by atoms with van der Waals surface area (Å²) in [6.45, 7) is 6.26. The van der Waals surface area contributed by atoms with Crippen LogP contribution >= 0.6 is 0 Å². The van der Waals surface area contributed by atoms with Crippen LogP contribution in [0.4, 0.5) is 5.95 Å². The molecule has 248 valence electrons. The molecule has 2 amide bonds. The van der Waals surface area contributed by atoms with Gasteiger partial charge in [0, 0.05) is 23.3 Å². The van der Waals surface area contributed by atoms with Crippen LogP contribution in [0.2, 0.25) is 0 Å². The molecular formula is C35H35N5O8. The van der Waals surface area contributed by atoms with Crippen molar-refractivity contribution in [1.29, 1.82) is 0 Å². The molecule has 1 aliphatic rings. The van der Waals surface area contributed by atoms with E-state index in [4.69, 9.17) is 29.3 Å². The van der Waals surface area contributed by atoms with Crippen LogP contribution in [-0.2, 0) is 20.9 Å². The number of aromatic nitrogens is 2. The van der Waals surface area contributed by atoms with E-state index in [9.17, 15) is 19.2 Å². The van der Waals surface area contributed by atoms with E-state index in [0.29, 0.717) is 69.3 Å². The molecular weight excluding hydrogens is 618 g/mol. The Hall–Kier alpha value is -5.85. The van der Waals surface area contributed by atoms with Gasteiger partial charge in [-0.25, -0.2) is 4.98 Å². The number of primary amides is 1. The van der Waals surface area contributed by atoms with Gasteiger partial charge in [0.05, 0.1) is 29.6 Å². The lowest BCUT2D eigenvalue weighted by Crippen LogP contribution is -2.45. The minimum atomic E-state index is -0.785. The van der Waals surface area contributed by atoms with Crippen molar-refractivity contribution in [2.24, 2.45) is 11.7 Å². The van der Waals surface area contributed by atoms with E-state index in [1.54, 1.807) is 43.3 Å². The Balaban J connectivity index is 1.34. The lowest BCUT2D eigenvalue weighted by Gasteiger charge is -2.17. The van der Waals surface area contributed by atoms with Crippen LogP contribution < -0.4 is 31.3 Å². The first kappa shape index (κ1) is 32.1. The summed E-state index contributed by atoms with van der Waals surface area (Å²) in [5.41, 5.74) is 8.50. The van der Waals surface area contributed by atoms with Crippen LogP contribution in [0.1, 0.15) is 43.1 Å². The summed E-state index contributed by atoms with van der Waals surface area (Å²) >= 11 is 0. The van der Waals surface area contributed by atoms with Gasteiger partial charge in [-0.2, -0.15) is 0 Å². The van der Waals surface area contributed by atoms with E-state index < -0.39 is 23.8 Å². The quantitative estimate of drug-likeness (QED) is 0.166. The van der Waals surface area contributed by atoms with Crippen molar-refractivity contribution in [3.8, 4) is 22.8 Å². The monoisotopic (exact) mass is 653 g/mol. The SMILES string of the molecule is CCOC(=O)CNc1nc2cc3c(=O)cc(-c4ccc(C(=O)N[C@@H](CC(C)C)C(N)=O)cc4)oc3cc2n1Cc1ccc2c(c1)OCO2. The Labute approximate surface area is 275 Å². The molecule has 4 N–H and O–H groups in total. The molecule has 13 heteroatoms. The van der Waals surface area contributed by atoms with E-state index in [0.717, 1.165) is 5.56 Å². The first-order valence-electron chi connectivity index (χ1n) is 15.6. The van der Waals surface area contributed by atoms with E-state index in [1.165, 1.54) is 6.07 Å². The number of carbonyl (C=O) groups excluding carboxylic acids is 3. The molecule has 1 atom stereocenters. The molecule has 0 fully saturated rings. The van der Waals surface area contributed by atoms with Crippen molar-refractivity contribution in [3.05, 3.63) is 82.0 Å². The third-order valence-electron chi connectivity index (χ3n) is 7.86. The fourth-order valence-electron chi connectivity index (χ4n) is 5.54. The van der Waals surface area contributed by atoms with Gasteiger partial charge in [0.25, 0.3) is 5.91 Å². The molecule has 3 aromatic carbocycles. The van der Waals surface area contributed by atoms with Gasteiger partial charge in [0.1, 0.15) is 23.9 Å². The topological polar surface area (TPSA) is 177 Å². The largest absolute Gasteiger partial charge is 0.465 e. The number of hydrogen-bond donors (Lipinski definition) is 3. The smallest absolute Gasteiger partial charge is 0.325 e. The number of anilines is 1. The molecule has 0 saturated heterocycles.